The molecule has 2 rings (SSSR count). The van der Waals surface area contributed by atoms with Gasteiger partial charge in [-0.25, -0.2) is 4.39 Å². The van der Waals surface area contributed by atoms with Gasteiger partial charge in [0.1, 0.15) is 17.3 Å². The standard InChI is InChI=1S/C17H19BrFNO/c1-17(2,3)20-11-12-6-4-5-7-15(12)21-16-9-8-13(19)10-14(16)18/h4-10,20H,11H2,1-3H3. The molecule has 0 heterocycles. The number of halogens is 2. The molecular formula is C17H19BrFNO. The molecule has 0 aromatic heterocycles. The Bertz CT molecular complexity index is 622. The van der Waals surface area contributed by atoms with Crippen LogP contribution in [-0.2, 0) is 6.54 Å². The third kappa shape index (κ3) is 4.83. The predicted octanol–water partition coefficient (Wildman–Crippen LogP) is 5.27. The van der Waals surface area contributed by atoms with Crippen LogP contribution in [0.3, 0.4) is 0 Å². The Balaban J connectivity index is 2.20. The Labute approximate surface area is 133 Å². The Morgan fingerprint density at radius 3 is 2.48 bits per heavy atom. The van der Waals surface area contributed by atoms with E-state index in [1.54, 1.807) is 6.07 Å². The van der Waals surface area contributed by atoms with Crippen LogP contribution in [0.1, 0.15) is 26.3 Å². The second-order valence-corrected chi connectivity index (χ2v) is 6.74. The second kappa shape index (κ2) is 6.58. The summed E-state index contributed by atoms with van der Waals surface area (Å²) in [6.45, 7) is 7.06. The van der Waals surface area contributed by atoms with Crippen molar-refractivity contribution in [2.45, 2.75) is 32.9 Å². The van der Waals surface area contributed by atoms with Gasteiger partial charge in [-0.05, 0) is 61.0 Å². The van der Waals surface area contributed by atoms with Gasteiger partial charge in [0.25, 0.3) is 0 Å². The monoisotopic (exact) mass is 351 g/mol. The first kappa shape index (κ1) is 16.0. The molecule has 0 aliphatic heterocycles. The lowest BCUT2D eigenvalue weighted by molar-refractivity contribution is 0.413. The van der Waals surface area contributed by atoms with E-state index in [2.05, 4.69) is 42.0 Å². The number of para-hydroxylation sites is 1. The highest BCUT2D eigenvalue weighted by molar-refractivity contribution is 9.10. The molecule has 4 heteroatoms. The molecule has 0 fully saturated rings. The lowest BCUT2D eigenvalue weighted by Crippen LogP contribution is -2.35. The normalized spacial score (nSPS) is 11.5. The van der Waals surface area contributed by atoms with Crippen LogP contribution in [0.4, 0.5) is 4.39 Å². The Hall–Kier alpha value is -1.39. The van der Waals surface area contributed by atoms with E-state index >= 15 is 0 Å². The number of rotatable bonds is 4. The van der Waals surface area contributed by atoms with Crippen LogP contribution in [0.25, 0.3) is 0 Å². The predicted molar refractivity (Wildman–Crippen MR) is 87.2 cm³/mol. The molecule has 0 bridgehead atoms. The molecule has 0 unspecified atom stereocenters. The lowest BCUT2D eigenvalue weighted by atomic mass is 10.1. The zero-order valence-corrected chi connectivity index (χ0v) is 14.0. The van der Waals surface area contributed by atoms with Crippen molar-refractivity contribution in [2.75, 3.05) is 0 Å². The minimum atomic E-state index is -0.295. The maximum absolute atomic E-state index is 13.1. The molecule has 2 aromatic rings. The van der Waals surface area contributed by atoms with Crippen molar-refractivity contribution in [3.05, 3.63) is 58.3 Å². The van der Waals surface area contributed by atoms with Crippen molar-refractivity contribution < 1.29 is 9.13 Å². The third-order valence-electron chi connectivity index (χ3n) is 2.90. The van der Waals surface area contributed by atoms with Crippen LogP contribution in [0, 0.1) is 5.82 Å². The maximum Gasteiger partial charge on any atom is 0.141 e. The minimum absolute atomic E-state index is 0.0313. The molecule has 0 saturated heterocycles. The summed E-state index contributed by atoms with van der Waals surface area (Å²) in [7, 11) is 0. The van der Waals surface area contributed by atoms with Crippen LogP contribution in [0.2, 0.25) is 0 Å². The summed E-state index contributed by atoms with van der Waals surface area (Å²) in [5, 5.41) is 3.44. The summed E-state index contributed by atoms with van der Waals surface area (Å²) in [4.78, 5) is 0. The van der Waals surface area contributed by atoms with E-state index in [1.165, 1.54) is 12.1 Å². The Kier molecular flexibility index (Phi) is 5.01. The van der Waals surface area contributed by atoms with E-state index in [9.17, 15) is 4.39 Å². The number of hydrogen-bond donors (Lipinski definition) is 1. The van der Waals surface area contributed by atoms with Crippen LogP contribution in [0.15, 0.2) is 46.9 Å². The van der Waals surface area contributed by atoms with E-state index in [-0.39, 0.29) is 11.4 Å². The van der Waals surface area contributed by atoms with Crippen molar-refractivity contribution in [3.63, 3.8) is 0 Å². The molecule has 112 valence electrons. The number of hydrogen-bond acceptors (Lipinski definition) is 2. The summed E-state index contributed by atoms with van der Waals surface area (Å²) in [6.07, 6.45) is 0. The van der Waals surface area contributed by atoms with Gasteiger partial charge >= 0.3 is 0 Å². The molecule has 0 aliphatic carbocycles. The molecule has 21 heavy (non-hydrogen) atoms. The first-order valence-electron chi connectivity index (χ1n) is 6.81. The highest BCUT2D eigenvalue weighted by Gasteiger charge is 2.12. The maximum atomic E-state index is 13.1. The van der Waals surface area contributed by atoms with Crippen molar-refractivity contribution in [3.8, 4) is 11.5 Å². The van der Waals surface area contributed by atoms with Gasteiger partial charge in [0.15, 0.2) is 0 Å². The number of benzene rings is 2. The Morgan fingerprint density at radius 1 is 1.10 bits per heavy atom. The number of nitrogens with one attached hydrogen (secondary N) is 1. The molecule has 0 radical (unpaired) electrons. The largest absolute Gasteiger partial charge is 0.456 e. The van der Waals surface area contributed by atoms with Gasteiger partial charge in [0, 0.05) is 17.6 Å². The summed E-state index contributed by atoms with van der Waals surface area (Å²) in [5.41, 5.74) is 1.09. The van der Waals surface area contributed by atoms with Crippen LogP contribution in [0.5, 0.6) is 11.5 Å². The van der Waals surface area contributed by atoms with Gasteiger partial charge in [-0.15, -0.1) is 0 Å². The zero-order chi connectivity index (χ0) is 15.5. The lowest BCUT2D eigenvalue weighted by Gasteiger charge is -2.21. The molecular weight excluding hydrogens is 333 g/mol. The van der Waals surface area contributed by atoms with Crippen molar-refractivity contribution in [1.82, 2.24) is 5.32 Å². The van der Waals surface area contributed by atoms with Crippen LogP contribution >= 0.6 is 15.9 Å². The molecule has 2 nitrogen and oxygen atoms in total. The van der Waals surface area contributed by atoms with Crippen molar-refractivity contribution in [2.24, 2.45) is 0 Å². The Morgan fingerprint density at radius 2 is 1.81 bits per heavy atom. The molecule has 0 spiro atoms. The summed E-state index contributed by atoms with van der Waals surface area (Å²) in [5.74, 6) is 1.07. The zero-order valence-electron chi connectivity index (χ0n) is 12.4. The molecule has 2 aromatic carbocycles. The van der Waals surface area contributed by atoms with Gasteiger partial charge in [-0.3, -0.25) is 0 Å². The number of ether oxygens (including phenoxy) is 1. The minimum Gasteiger partial charge on any atom is -0.456 e. The quantitative estimate of drug-likeness (QED) is 0.810. The molecule has 1 N–H and O–H groups in total. The van der Waals surface area contributed by atoms with E-state index in [4.69, 9.17) is 4.74 Å². The van der Waals surface area contributed by atoms with Crippen LogP contribution < -0.4 is 10.1 Å². The van der Waals surface area contributed by atoms with Gasteiger partial charge in [-0.2, -0.15) is 0 Å². The molecule has 0 amide bonds. The first-order chi connectivity index (χ1) is 9.85. The fourth-order valence-corrected chi connectivity index (χ4v) is 2.22. The highest BCUT2D eigenvalue weighted by atomic mass is 79.9. The van der Waals surface area contributed by atoms with Gasteiger partial charge in [0.05, 0.1) is 4.47 Å². The smallest absolute Gasteiger partial charge is 0.141 e. The van der Waals surface area contributed by atoms with E-state index in [0.29, 0.717) is 16.8 Å². The fraction of sp³-hybridized carbons (Fsp3) is 0.294. The molecule has 0 aliphatic rings. The first-order valence-corrected chi connectivity index (χ1v) is 7.60. The highest BCUT2D eigenvalue weighted by Crippen LogP contribution is 2.32. The van der Waals surface area contributed by atoms with Crippen molar-refractivity contribution >= 4 is 15.9 Å². The van der Waals surface area contributed by atoms with Crippen LogP contribution in [-0.4, -0.2) is 5.54 Å². The third-order valence-corrected chi connectivity index (χ3v) is 3.52. The fourth-order valence-electron chi connectivity index (χ4n) is 1.79. The van der Waals surface area contributed by atoms with E-state index in [0.717, 1.165) is 11.3 Å². The van der Waals surface area contributed by atoms with E-state index < -0.39 is 0 Å². The van der Waals surface area contributed by atoms with Gasteiger partial charge in [0.2, 0.25) is 0 Å². The van der Waals surface area contributed by atoms with Crippen molar-refractivity contribution in [1.29, 1.82) is 0 Å². The van der Waals surface area contributed by atoms with Gasteiger partial charge < -0.3 is 10.1 Å². The average Bonchev–Trinajstić information content (AvgIpc) is 2.40. The second-order valence-electron chi connectivity index (χ2n) is 5.89. The summed E-state index contributed by atoms with van der Waals surface area (Å²) in [6, 6.07) is 12.2. The van der Waals surface area contributed by atoms with E-state index in [1.807, 2.05) is 24.3 Å². The topological polar surface area (TPSA) is 21.3 Å². The summed E-state index contributed by atoms with van der Waals surface area (Å²) >= 11 is 3.32. The SMILES string of the molecule is CC(C)(C)NCc1ccccc1Oc1ccc(F)cc1Br. The average molecular weight is 352 g/mol. The molecule has 0 saturated carbocycles. The summed E-state index contributed by atoms with van der Waals surface area (Å²) < 4.78 is 19.6. The van der Waals surface area contributed by atoms with Gasteiger partial charge in [-0.1, -0.05) is 18.2 Å². The molecule has 0 atom stereocenters.